The number of rotatable bonds is 7. The van der Waals surface area contributed by atoms with Crippen molar-refractivity contribution in [3.63, 3.8) is 0 Å². The molecule has 10 nitrogen and oxygen atoms in total. The fourth-order valence-corrected chi connectivity index (χ4v) is 4.40. The van der Waals surface area contributed by atoms with E-state index in [1.807, 2.05) is 24.3 Å². The first-order chi connectivity index (χ1) is 16.7. The van der Waals surface area contributed by atoms with Gasteiger partial charge in [-0.3, -0.25) is 34.7 Å². The lowest BCUT2D eigenvalue weighted by Gasteiger charge is -2.12. The Balaban J connectivity index is 1.54. The maximum Gasteiger partial charge on any atom is 0.318 e. The fraction of sp³-hybridized carbons (Fsp3) is 0.0435. The molecule has 176 valence electrons. The van der Waals surface area contributed by atoms with Crippen LogP contribution in [-0.4, -0.2) is 25.9 Å². The minimum Gasteiger partial charge on any atom is -0.450 e. The molecule has 4 rings (SSSR count). The molecule has 3 aromatic carbocycles. The average molecular weight is 603 g/mol. The predicted octanol–water partition coefficient (Wildman–Crippen LogP) is 6.14. The number of carbonyl (C=O) groups excluding carboxylic acids is 2. The molecule has 0 N–H and O–H groups in total. The Hall–Kier alpha value is -3.78. The number of thioether (sulfide) groups is 1. The normalized spacial score (nSPS) is 14.4. The van der Waals surface area contributed by atoms with Gasteiger partial charge in [-0.25, -0.2) is 0 Å². The minimum atomic E-state index is -0.768. The summed E-state index contributed by atoms with van der Waals surface area (Å²) in [6.07, 6.45) is 1.54. The first-order valence-corrected chi connectivity index (χ1v) is 11.8. The van der Waals surface area contributed by atoms with E-state index < -0.39 is 27.1 Å². The summed E-state index contributed by atoms with van der Waals surface area (Å²) < 4.78 is 6.65. The van der Waals surface area contributed by atoms with E-state index in [4.69, 9.17) is 4.74 Å². The summed E-state index contributed by atoms with van der Waals surface area (Å²) in [4.78, 5) is 47.4. The van der Waals surface area contributed by atoms with E-state index in [0.29, 0.717) is 5.56 Å². The van der Waals surface area contributed by atoms with Crippen molar-refractivity contribution in [2.45, 2.75) is 6.54 Å². The molecule has 0 atom stereocenters. The molecule has 0 bridgehead atoms. The summed E-state index contributed by atoms with van der Waals surface area (Å²) in [5, 5.41) is 21.9. The number of halogens is 1. The molecule has 0 aromatic heterocycles. The highest BCUT2D eigenvalue weighted by Crippen LogP contribution is 2.36. The molecule has 0 radical (unpaired) electrons. The molecule has 3 aromatic rings. The van der Waals surface area contributed by atoms with Gasteiger partial charge in [0.1, 0.15) is 5.75 Å². The lowest BCUT2D eigenvalue weighted by Crippen LogP contribution is -2.27. The van der Waals surface area contributed by atoms with Gasteiger partial charge < -0.3 is 4.74 Å². The van der Waals surface area contributed by atoms with Crippen molar-refractivity contribution < 1.29 is 24.2 Å². The lowest BCUT2D eigenvalue weighted by atomic mass is 10.2. The highest BCUT2D eigenvalue weighted by molar-refractivity contribution is 14.1. The molecule has 1 aliphatic rings. The minimum absolute atomic E-state index is 0.159. The third kappa shape index (κ3) is 5.66. The van der Waals surface area contributed by atoms with Crippen LogP contribution in [-0.2, 0) is 11.3 Å². The summed E-state index contributed by atoms with van der Waals surface area (Å²) in [6.45, 7) is 0.159. The second kappa shape index (κ2) is 10.2. The summed E-state index contributed by atoms with van der Waals surface area (Å²) in [6, 6.07) is 17.0. The lowest BCUT2D eigenvalue weighted by molar-refractivity contribution is -0.394. The third-order valence-electron chi connectivity index (χ3n) is 4.86. The standard InChI is InChI=1S/C23H14IN3O7S/c24-16-6-4-14(5-7-16)13-25-22(28)21(35-23(25)29)11-15-2-1-3-18(10-15)34-20-9-8-17(26(30)31)12-19(20)27(32)33/h1-12H,13H2/b21-11-. The van der Waals surface area contributed by atoms with Crippen LogP contribution in [0.15, 0.2) is 71.6 Å². The molecule has 0 spiro atoms. The molecule has 1 fully saturated rings. The van der Waals surface area contributed by atoms with Gasteiger partial charge in [0.2, 0.25) is 5.75 Å². The van der Waals surface area contributed by atoms with Gasteiger partial charge in [-0.15, -0.1) is 0 Å². The average Bonchev–Trinajstić information content (AvgIpc) is 3.08. The molecular weight excluding hydrogens is 589 g/mol. The zero-order valence-corrected chi connectivity index (χ0v) is 20.6. The Morgan fingerprint density at radius 2 is 1.71 bits per heavy atom. The number of hydrogen-bond acceptors (Lipinski definition) is 8. The fourth-order valence-electron chi connectivity index (χ4n) is 3.20. The van der Waals surface area contributed by atoms with E-state index in [0.717, 1.165) is 39.1 Å². The highest BCUT2D eigenvalue weighted by Gasteiger charge is 2.35. The van der Waals surface area contributed by atoms with E-state index >= 15 is 0 Å². The Labute approximate surface area is 216 Å². The van der Waals surface area contributed by atoms with Crippen molar-refractivity contribution in [1.82, 2.24) is 4.90 Å². The van der Waals surface area contributed by atoms with Crippen molar-refractivity contribution >= 4 is 62.9 Å². The number of nitro benzene ring substituents is 2. The number of benzene rings is 3. The van der Waals surface area contributed by atoms with Crippen molar-refractivity contribution in [1.29, 1.82) is 0 Å². The Morgan fingerprint density at radius 1 is 0.971 bits per heavy atom. The molecule has 0 unspecified atom stereocenters. The van der Waals surface area contributed by atoms with Gasteiger partial charge in [0.25, 0.3) is 16.8 Å². The summed E-state index contributed by atoms with van der Waals surface area (Å²) >= 11 is 2.99. The quantitative estimate of drug-likeness (QED) is 0.136. The van der Waals surface area contributed by atoms with E-state index in [2.05, 4.69) is 22.6 Å². The zero-order chi connectivity index (χ0) is 25.1. The molecule has 35 heavy (non-hydrogen) atoms. The summed E-state index contributed by atoms with van der Waals surface area (Å²) in [7, 11) is 0. The number of hydrogen-bond donors (Lipinski definition) is 0. The van der Waals surface area contributed by atoms with Gasteiger partial charge in [0, 0.05) is 9.64 Å². The SMILES string of the molecule is O=C1S/C(=C\c2cccc(Oc3ccc([N+](=O)[O-])cc3[N+](=O)[O-])c2)C(=O)N1Cc1ccc(I)cc1. The topological polar surface area (TPSA) is 133 Å². The Morgan fingerprint density at radius 3 is 2.40 bits per heavy atom. The second-order valence-electron chi connectivity index (χ2n) is 7.24. The van der Waals surface area contributed by atoms with E-state index in [-0.39, 0.29) is 28.2 Å². The van der Waals surface area contributed by atoms with Crippen LogP contribution in [0, 0.1) is 23.8 Å². The molecule has 1 saturated heterocycles. The molecular formula is C23H14IN3O7S. The van der Waals surface area contributed by atoms with Gasteiger partial charge >= 0.3 is 5.69 Å². The molecule has 1 heterocycles. The van der Waals surface area contributed by atoms with Crippen LogP contribution >= 0.6 is 34.4 Å². The van der Waals surface area contributed by atoms with Crippen molar-refractivity contribution in [3.05, 3.63) is 107 Å². The summed E-state index contributed by atoms with van der Waals surface area (Å²) in [5.41, 5.74) is 0.376. The molecule has 0 saturated carbocycles. The van der Waals surface area contributed by atoms with E-state index in [1.165, 1.54) is 17.0 Å². The summed E-state index contributed by atoms with van der Waals surface area (Å²) in [5.74, 6) is -0.375. The monoisotopic (exact) mass is 603 g/mol. The Bertz CT molecular complexity index is 1390. The largest absolute Gasteiger partial charge is 0.450 e. The van der Waals surface area contributed by atoms with Gasteiger partial charge in [0.15, 0.2) is 0 Å². The number of imide groups is 1. The Kier molecular flexibility index (Phi) is 7.12. The second-order valence-corrected chi connectivity index (χ2v) is 9.47. The highest BCUT2D eigenvalue weighted by atomic mass is 127. The molecule has 12 heteroatoms. The van der Waals surface area contributed by atoms with Gasteiger partial charge in [-0.2, -0.15) is 0 Å². The molecule has 1 aliphatic heterocycles. The third-order valence-corrected chi connectivity index (χ3v) is 6.49. The number of nitrogens with zero attached hydrogens (tertiary/aromatic N) is 3. The number of ether oxygens (including phenoxy) is 1. The van der Waals surface area contributed by atoms with Gasteiger partial charge in [0.05, 0.1) is 27.4 Å². The van der Waals surface area contributed by atoms with Crippen LogP contribution in [0.1, 0.15) is 11.1 Å². The van der Waals surface area contributed by atoms with Gasteiger partial charge in [-0.1, -0.05) is 24.3 Å². The van der Waals surface area contributed by atoms with Gasteiger partial charge in [-0.05, 0) is 81.9 Å². The first kappa shape index (κ1) is 24.3. The number of amides is 2. The van der Waals surface area contributed by atoms with E-state index in [1.54, 1.807) is 18.2 Å². The number of nitro groups is 2. The van der Waals surface area contributed by atoms with Crippen LogP contribution < -0.4 is 4.74 Å². The van der Waals surface area contributed by atoms with Crippen molar-refractivity contribution in [3.8, 4) is 11.5 Å². The zero-order valence-electron chi connectivity index (χ0n) is 17.6. The van der Waals surface area contributed by atoms with Crippen molar-refractivity contribution in [2.24, 2.45) is 0 Å². The smallest absolute Gasteiger partial charge is 0.318 e. The predicted molar refractivity (Wildman–Crippen MR) is 137 cm³/mol. The number of carbonyl (C=O) groups is 2. The van der Waals surface area contributed by atoms with E-state index in [9.17, 15) is 29.8 Å². The number of non-ortho nitro benzene ring substituents is 1. The first-order valence-electron chi connectivity index (χ1n) is 9.92. The van der Waals surface area contributed by atoms with Crippen molar-refractivity contribution in [2.75, 3.05) is 0 Å². The molecule has 0 aliphatic carbocycles. The van der Waals surface area contributed by atoms with Crippen LogP contribution in [0.5, 0.6) is 11.5 Å². The maximum absolute atomic E-state index is 12.8. The maximum atomic E-state index is 12.8. The van der Waals surface area contributed by atoms with Crippen LogP contribution in [0.2, 0.25) is 0 Å². The van der Waals surface area contributed by atoms with Crippen LogP contribution in [0.3, 0.4) is 0 Å². The van der Waals surface area contributed by atoms with Crippen LogP contribution in [0.4, 0.5) is 16.2 Å². The molecule has 2 amide bonds. The van der Waals surface area contributed by atoms with Crippen LogP contribution in [0.25, 0.3) is 6.08 Å².